The van der Waals surface area contributed by atoms with Gasteiger partial charge in [0.2, 0.25) is 0 Å². The van der Waals surface area contributed by atoms with Crippen molar-refractivity contribution in [3.63, 3.8) is 0 Å². The van der Waals surface area contributed by atoms with Gasteiger partial charge in [0.05, 0.1) is 11.4 Å². The summed E-state index contributed by atoms with van der Waals surface area (Å²) in [6.07, 6.45) is 3.58. The van der Waals surface area contributed by atoms with Gasteiger partial charge in [-0.1, -0.05) is 36.2 Å². The van der Waals surface area contributed by atoms with Crippen LogP contribution in [-0.4, -0.2) is 21.3 Å². The van der Waals surface area contributed by atoms with Crippen molar-refractivity contribution >= 4 is 17.9 Å². The number of carbonyl (C=O) groups is 1. The average Bonchev–Trinajstić information content (AvgIpc) is 2.79. The Kier molecular flexibility index (Phi) is 4.10. The maximum atomic E-state index is 11.0. The second-order valence-corrected chi connectivity index (χ2v) is 4.47. The van der Waals surface area contributed by atoms with Crippen LogP contribution in [-0.2, 0) is 6.42 Å². The van der Waals surface area contributed by atoms with E-state index in [2.05, 4.69) is 17.2 Å². The minimum Gasteiger partial charge on any atom is -0.296 e. The Bertz CT molecular complexity index is 551. The van der Waals surface area contributed by atoms with Crippen LogP contribution in [0.25, 0.3) is 5.69 Å². The highest BCUT2D eigenvalue weighted by Crippen LogP contribution is 2.18. The van der Waals surface area contributed by atoms with Crippen LogP contribution in [0.2, 0.25) is 5.02 Å². The first-order chi connectivity index (χ1) is 8.76. The molecule has 0 amide bonds. The van der Waals surface area contributed by atoms with Gasteiger partial charge in [0.25, 0.3) is 0 Å². The van der Waals surface area contributed by atoms with Crippen molar-refractivity contribution in [3.8, 4) is 5.69 Å². The maximum absolute atomic E-state index is 11.0. The van der Waals surface area contributed by atoms with Crippen molar-refractivity contribution in [1.82, 2.24) is 15.0 Å². The first kappa shape index (κ1) is 12.8. The fourth-order valence-electron chi connectivity index (χ4n) is 1.80. The molecule has 0 radical (unpaired) electrons. The van der Waals surface area contributed by atoms with Crippen LogP contribution in [0.4, 0.5) is 0 Å². The van der Waals surface area contributed by atoms with E-state index in [-0.39, 0.29) is 0 Å². The number of nitrogens with zero attached hydrogens (tertiary/aromatic N) is 3. The number of hydrogen-bond donors (Lipinski definition) is 0. The van der Waals surface area contributed by atoms with Crippen molar-refractivity contribution in [1.29, 1.82) is 0 Å². The van der Waals surface area contributed by atoms with Crippen molar-refractivity contribution < 1.29 is 4.79 Å². The second-order valence-electron chi connectivity index (χ2n) is 4.03. The quantitative estimate of drug-likeness (QED) is 0.779. The minimum absolute atomic E-state index is 0.406. The predicted octanol–water partition coefficient (Wildman–Crippen LogP) is 3.08. The zero-order valence-electron chi connectivity index (χ0n) is 10.1. The van der Waals surface area contributed by atoms with E-state index in [0.29, 0.717) is 10.7 Å². The Morgan fingerprint density at radius 3 is 2.94 bits per heavy atom. The van der Waals surface area contributed by atoms with Gasteiger partial charge in [0.1, 0.15) is 5.69 Å². The first-order valence-electron chi connectivity index (χ1n) is 5.92. The van der Waals surface area contributed by atoms with E-state index >= 15 is 0 Å². The van der Waals surface area contributed by atoms with Gasteiger partial charge in [0.15, 0.2) is 6.29 Å². The van der Waals surface area contributed by atoms with Crippen LogP contribution in [0.1, 0.15) is 35.9 Å². The molecule has 0 N–H and O–H groups in total. The molecule has 18 heavy (non-hydrogen) atoms. The topological polar surface area (TPSA) is 47.8 Å². The summed E-state index contributed by atoms with van der Waals surface area (Å²) in [5.41, 5.74) is 2.08. The van der Waals surface area contributed by atoms with E-state index in [1.165, 1.54) is 0 Å². The van der Waals surface area contributed by atoms with E-state index in [1.807, 2.05) is 12.1 Å². The van der Waals surface area contributed by atoms with E-state index in [0.717, 1.165) is 36.9 Å². The summed E-state index contributed by atoms with van der Waals surface area (Å²) in [7, 11) is 0. The number of halogens is 1. The van der Waals surface area contributed by atoms with E-state index in [1.54, 1.807) is 16.8 Å². The Hall–Kier alpha value is -1.68. The molecule has 4 nitrogen and oxygen atoms in total. The highest BCUT2D eigenvalue weighted by atomic mass is 35.5. The zero-order chi connectivity index (χ0) is 13.0. The van der Waals surface area contributed by atoms with Crippen LogP contribution in [0.3, 0.4) is 0 Å². The van der Waals surface area contributed by atoms with Crippen LogP contribution in [0.5, 0.6) is 0 Å². The normalized spacial score (nSPS) is 10.6. The average molecular weight is 264 g/mol. The lowest BCUT2D eigenvalue weighted by Gasteiger charge is -2.06. The molecule has 2 aromatic rings. The Morgan fingerprint density at radius 2 is 2.28 bits per heavy atom. The van der Waals surface area contributed by atoms with Gasteiger partial charge >= 0.3 is 0 Å². The molecule has 0 atom stereocenters. The molecule has 94 valence electrons. The van der Waals surface area contributed by atoms with Gasteiger partial charge in [-0.15, -0.1) is 5.10 Å². The SMILES string of the molecule is CCCCc1c(C=O)nnn1-c1cccc(Cl)c1. The fourth-order valence-corrected chi connectivity index (χ4v) is 1.98. The summed E-state index contributed by atoms with van der Waals surface area (Å²) in [6, 6.07) is 7.35. The van der Waals surface area contributed by atoms with Gasteiger partial charge in [-0.2, -0.15) is 0 Å². The zero-order valence-corrected chi connectivity index (χ0v) is 10.9. The number of hydrogen-bond acceptors (Lipinski definition) is 3. The number of carbonyl (C=O) groups excluding carboxylic acids is 1. The highest BCUT2D eigenvalue weighted by molar-refractivity contribution is 6.30. The molecular formula is C13H14ClN3O. The van der Waals surface area contributed by atoms with E-state index < -0.39 is 0 Å². The molecule has 0 saturated carbocycles. The summed E-state index contributed by atoms with van der Waals surface area (Å²) in [5.74, 6) is 0. The molecule has 5 heteroatoms. The molecule has 0 saturated heterocycles. The molecule has 1 heterocycles. The van der Waals surface area contributed by atoms with Crippen molar-refractivity contribution in [3.05, 3.63) is 40.7 Å². The van der Waals surface area contributed by atoms with Crippen LogP contribution in [0.15, 0.2) is 24.3 Å². The lowest BCUT2D eigenvalue weighted by molar-refractivity contribution is 0.111. The fraction of sp³-hybridized carbons (Fsp3) is 0.308. The number of aldehydes is 1. The standard InChI is InChI=1S/C13H14ClN3O/c1-2-3-7-13-12(9-18)15-16-17(13)11-6-4-5-10(14)8-11/h4-6,8-9H,2-3,7H2,1H3. The van der Waals surface area contributed by atoms with Crippen LogP contribution >= 0.6 is 11.6 Å². The molecule has 1 aromatic carbocycles. The van der Waals surface area contributed by atoms with Crippen LogP contribution in [0, 0.1) is 0 Å². The molecule has 0 fully saturated rings. The largest absolute Gasteiger partial charge is 0.296 e. The van der Waals surface area contributed by atoms with Crippen molar-refractivity contribution in [2.75, 3.05) is 0 Å². The monoisotopic (exact) mass is 263 g/mol. The van der Waals surface area contributed by atoms with E-state index in [4.69, 9.17) is 11.6 Å². The molecule has 0 aliphatic heterocycles. The van der Waals surface area contributed by atoms with Crippen LogP contribution < -0.4 is 0 Å². The summed E-state index contributed by atoms with van der Waals surface area (Å²) in [5, 5.41) is 8.56. The molecule has 0 aliphatic rings. The molecule has 2 rings (SSSR count). The molecule has 0 spiro atoms. The third-order valence-corrected chi connectivity index (χ3v) is 2.96. The summed E-state index contributed by atoms with van der Waals surface area (Å²) in [4.78, 5) is 11.0. The first-order valence-corrected chi connectivity index (χ1v) is 6.29. The minimum atomic E-state index is 0.406. The molecule has 0 unspecified atom stereocenters. The number of rotatable bonds is 5. The van der Waals surface area contributed by atoms with E-state index in [9.17, 15) is 4.79 Å². The Labute approximate surface area is 111 Å². The van der Waals surface area contributed by atoms with Gasteiger partial charge in [0, 0.05) is 5.02 Å². The Balaban J connectivity index is 2.43. The number of benzene rings is 1. The molecule has 0 aliphatic carbocycles. The second kappa shape index (κ2) is 5.78. The third-order valence-electron chi connectivity index (χ3n) is 2.72. The summed E-state index contributed by atoms with van der Waals surface area (Å²) in [6.45, 7) is 2.11. The summed E-state index contributed by atoms with van der Waals surface area (Å²) < 4.78 is 1.69. The van der Waals surface area contributed by atoms with Crippen molar-refractivity contribution in [2.24, 2.45) is 0 Å². The van der Waals surface area contributed by atoms with Gasteiger partial charge < -0.3 is 0 Å². The Morgan fingerprint density at radius 1 is 1.44 bits per heavy atom. The van der Waals surface area contributed by atoms with Crippen molar-refractivity contribution in [2.45, 2.75) is 26.2 Å². The van der Waals surface area contributed by atoms with Gasteiger partial charge in [-0.05, 0) is 31.0 Å². The molecule has 1 aromatic heterocycles. The highest BCUT2D eigenvalue weighted by Gasteiger charge is 2.13. The lowest BCUT2D eigenvalue weighted by Crippen LogP contribution is -2.03. The smallest absolute Gasteiger partial charge is 0.172 e. The lowest BCUT2D eigenvalue weighted by atomic mass is 10.1. The summed E-state index contributed by atoms with van der Waals surface area (Å²) >= 11 is 5.96. The third kappa shape index (κ3) is 2.59. The number of aromatic nitrogens is 3. The predicted molar refractivity (Wildman–Crippen MR) is 70.4 cm³/mol. The molecular weight excluding hydrogens is 250 g/mol. The number of unbranched alkanes of at least 4 members (excludes halogenated alkanes) is 1. The molecule has 0 bridgehead atoms. The van der Waals surface area contributed by atoms with Gasteiger partial charge in [-0.3, -0.25) is 4.79 Å². The maximum Gasteiger partial charge on any atom is 0.172 e. The van der Waals surface area contributed by atoms with Gasteiger partial charge in [-0.25, -0.2) is 4.68 Å².